The van der Waals surface area contributed by atoms with Gasteiger partial charge in [-0.1, -0.05) is 6.92 Å². The second-order valence-electron chi connectivity index (χ2n) is 5.13. The van der Waals surface area contributed by atoms with E-state index in [-0.39, 0.29) is 18.5 Å². The largest absolute Gasteiger partial charge is 0.480 e. The first-order chi connectivity index (χ1) is 9.52. The SMILES string of the molecule is CCC(C)N(CC(=O)O)C(=O)c1ccc2c(c1)CCN2. The Labute approximate surface area is 118 Å². The van der Waals surface area contributed by atoms with E-state index in [0.29, 0.717) is 5.56 Å². The number of nitrogens with zero attached hydrogens (tertiary/aromatic N) is 1. The summed E-state index contributed by atoms with van der Waals surface area (Å²) in [5.74, 6) is -1.20. The summed E-state index contributed by atoms with van der Waals surface area (Å²) in [5.41, 5.74) is 2.75. The van der Waals surface area contributed by atoms with E-state index in [4.69, 9.17) is 5.11 Å². The fraction of sp³-hybridized carbons (Fsp3) is 0.467. The maximum Gasteiger partial charge on any atom is 0.323 e. The zero-order valence-corrected chi connectivity index (χ0v) is 11.8. The van der Waals surface area contributed by atoms with Crippen LogP contribution in [0.25, 0.3) is 0 Å². The first-order valence-corrected chi connectivity index (χ1v) is 6.92. The van der Waals surface area contributed by atoms with Crippen LogP contribution in [-0.2, 0) is 11.2 Å². The number of carbonyl (C=O) groups is 2. The number of carboxylic acids is 1. The summed E-state index contributed by atoms with van der Waals surface area (Å²) in [7, 11) is 0. The number of carboxylic acid groups (broad SMARTS) is 1. The number of nitrogens with one attached hydrogen (secondary N) is 1. The van der Waals surface area contributed by atoms with Crippen LogP contribution in [0.15, 0.2) is 18.2 Å². The lowest BCUT2D eigenvalue weighted by Crippen LogP contribution is -2.41. The zero-order chi connectivity index (χ0) is 14.7. The number of anilines is 1. The molecule has 5 heteroatoms. The van der Waals surface area contributed by atoms with Crippen LogP contribution < -0.4 is 5.32 Å². The van der Waals surface area contributed by atoms with Gasteiger partial charge in [0.1, 0.15) is 6.54 Å². The van der Waals surface area contributed by atoms with Crippen molar-refractivity contribution in [2.24, 2.45) is 0 Å². The summed E-state index contributed by atoms with van der Waals surface area (Å²) in [6.45, 7) is 4.44. The third-order valence-corrected chi connectivity index (χ3v) is 3.75. The molecule has 0 aliphatic carbocycles. The minimum atomic E-state index is -0.985. The van der Waals surface area contributed by atoms with E-state index >= 15 is 0 Å². The van der Waals surface area contributed by atoms with Crippen molar-refractivity contribution in [1.29, 1.82) is 0 Å². The van der Waals surface area contributed by atoms with Crippen molar-refractivity contribution in [2.75, 3.05) is 18.4 Å². The molecule has 0 spiro atoms. The van der Waals surface area contributed by atoms with Crippen LogP contribution in [0.3, 0.4) is 0 Å². The molecule has 1 aromatic rings. The van der Waals surface area contributed by atoms with Gasteiger partial charge in [0.25, 0.3) is 5.91 Å². The Kier molecular flexibility index (Phi) is 4.27. The van der Waals surface area contributed by atoms with E-state index in [1.54, 1.807) is 6.07 Å². The summed E-state index contributed by atoms with van der Waals surface area (Å²) < 4.78 is 0. The predicted molar refractivity (Wildman–Crippen MR) is 77.1 cm³/mol. The molecule has 1 amide bonds. The van der Waals surface area contributed by atoms with Crippen LogP contribution in [0, 0.1) is 0 Å². The van der Waals surface area contributed by atoms with Crippen molar-refractivity contribution in [1.82, 2.24) is 4.90 Å². The summed E-state index contributed by atoms with van der Waals surface area (Å²) in [4.78, 5) is 24.9. The van der Waals surface area contributed by atoms with Gasteiger partial charge in [-0.3, -0.25) is 9.59 Å². The number of amides is 1. The zero-order valence-electron chi connectivity index (χ0n) is 11.8. The number of aliphatic carboxylic acids is 1. The molecule has 0 saturated carbocycles. The van der Waals surface area contributed by atoms with E-state index in [0.717, 1.165) is 30.6 Å². The number of hydrogen-bond donors (Lipinski definition) is 2. The van der Waals surface area contributed by atoms with Gasteiger partial charge < -0.3 is 15.3 Å². The Bertz CT molecular complexity index is 528. The molecule has 1 aliphatic rings. The Morgan fingerprint density at radius 1 is 1.45 bits per heavy atom. The quantitative estimate of drug-likeness (QED) is 0.862. The molecular weight excluding hydrogens is 256 g/mol. The van der Waals surface area contributed by atoms with Crippen LogP contribution in [0.2, 0.25) is 0 Å². The Balaban J connectivity index is 2.24. The van der Waals surface area contributed by atoms with Gasteiger partial charge >= 0.3 is 5.97 Å². The number of benzene rings is 1. The molecule has 2 rings (SSSR count). The smallest absolute Gasteiger partial charge is 0.323 e. The molecule has 1 unspecified atom stereocenters. The summed E-state index contributed by atoms with van der Waals surface area (Å²) in [6.07, 6.45) is 1.63. The fourth-order valence-corrected chi connectivity index (χ4v) is 2.40. The molecule has 0 bridgehead atoms. The van der Waals surface area contributed by atoms with Crippen molar-refractivity contribution in [3.63, 3.8) is 0 Å². The second kappa shape index (κ2) is 5.94. The van der Waals surface area contributed by atoms with Gasteiger partial charge in [-0.15, -0.1) is 0 Å². The van der Waals surface area contributed by atoms with Gasteiger partial charge in [-0.2, -0.15) is 0 Å². The second-order valence-corrected chi connectivity index (χ2v) is 5.13. The molecule has 0 fully saturated rings. The van der Waals surface area contributed by atoms with Gasteiger partial charge in [-0.05, 0) is 43.5 Å². The third-order valence-electron chi connectivity index (χ3n) is 3.75. The predicted octanol–water partition coefficient (Wildman–Crippen LogP) is 1.98. The van der Waals surface area contributed by atoms with Gasteiger partial charge in [0.2, 0.25) is 0 Å². The molecule has 20 heavy (non-hydrogen) atoms. The van der Waals surface area contributed by atoms with Gasteiger partial charge in [0, 0.05) is 23.8 Å². The first kappa shape index (κ1) is 14.4. The van der Waals surface area contributed by atoms with E-state index in [1.807, 2.05) is 26.0 Å². The van der Waals surface area contributed by atoms with E-state index in [2.05, 4.69) is 5.32 Å². The summed E-state index contributed by atoms with van der Waals surface area (Å²) in [5, 5.41) is 12.2. The maximum atomic E-state index is 12.5. The molecule has 1 heterocycles. The van der Waals surface area contributed by atoms with Gasteiger partial charge in [0.15, 0.2) is 0 Å². The minimum Gasteiger partial charge on any atom is -0.480 e. The molecule has 5 nitrogen and oxygen atoms in total. The summed E-state index contributed by atoms with van der Waals surface area (Å²) >= 11 is 0. The van der Waals surface area contributed by atoms with Gasteiger partial charge in [0.05, 0.1) is 0 Å². The van der Waals surface area contributed by atoms with Crippen LogP contribution in [0.5, 0.6) is 0 Å². The van der Waals surface area contributed by atoms with Crippen LogP contribution in [0.1, 0.15) is 36.2 Å². The average molecular weight is 276 g/mol. The molecule has 2 N–H and O–H groups in total. The average Bonchev–Trinajstić information content (AvgIpc) is 2.90. The van der Waals surface area contributed by atoms with Crippen molar-refractivity contribution in [2.45, 2.75) is 32.7 Å². The monoisotopic (exact) mass is 276 g/mol. The third kappa shape index (κ3) is 2.92. The molecule has 1 aliphatic heterocycles. The molecule has 0 saturated heterocycles. The summed E-state index contributed by atoms with van der Waals surface area (Å²) in [6, 6.07) is 5.43. The van der Waals surface area contributed by atoms with Crippen LogP contribution in [-0.4, -0.2) is 41.0 Å². The first-order valence-electron chi connectivity index (χ1n) is 6.92. The number of carbonyl (C=O) groups excluding carboxylic acids is 1. The lowest BCUT2D eigenvalue weighted by Gasteiger charge is -2.27. The number of hydrogen-bond acceptors (Lipinski definition) is 3. The van der Waals surface area contributed by atoms with Crippen molar-refractivity contribution in [3.05, 3.63) is 29.3 Å². The molecule has 1 atom stereocenters. The highest BCUT2D eigenvalue weighted by Gasteiger charge is 2.24. The number of rotatable bonds is 5. The normalized spacial score (nSPS) is 14.3. The minimum absolute atomic E-state index is 0.0926. The highest BCUT2D eigenvalue weighted by atomic mass is 16.4. The van der Waals surface area contributed by atoms with Gasteiger partial charge in [-0.25, -0.2) is 0 Å². The maximum absolute atomic E-state index is 12.5. The fourth-order valence-electron chi connectivity index (χ4n) is 2.40. The molecule has 1 aromatic carbocycles. The topological polar surface area (TPSA) is 69.6 Å². The lowest BCUT2D eigenvalue weighted by molar-refractivity contribution is -0.138. The van der Waals surface area contributed by atoms with Crippen LogP contribution >= 0.6 is 0 Å². The van der Waals surface area contributed by atoms with Crippen LogP contribution in [0.4, 0.5) is 5.69 Å². The Hall–Kier alpha value is -2.04. The molecule has 108 valence electrons. The highest BCUT2D eigenvalue weighted by molar-refractivity contribution is 5.96. The highest BCUT2D eigenvalue weighted by Crippen LogP contribution is 2.24. The molecule has 0 aromatic heterocycles. The number of fused-ring (bicyclic) bond motifs is 1. The van der Waals surface area contributed by atoms with E-state index in [1.165, 1.54) is 4.90 Å². The Morgan fingerprint density at radius 2 is 2.20 bits per heavy atom. The van der Waals surface area contributed by atoms with Crippen molar-refractivity contribution < 1.29 is 14.7 Å². The molecule has 0 radical (unpaired) electrons. The van der Waals surface area contributed by atoms with E-state index in [9.17, 15) is 9.59 Å². The van der Waals surface area contributed by atoms with E-state index < -0.39 is 5.97 Å². The van der Waals surface area contributed by atoms with Crippen molar-refractivity contribution >= 4 is 17.6 Å². The van der Waals surface area contributed by atoms with Crippen molar-refractivity contribution in [3.8, 4) is 0 Å². The lowest BCUT2D eigenvalue weighted by atomic mass is 10.1. The standard InChI is InChI=1S/C15H20N2O3/c1-3-10(2)17(9-14(18)19)15(20)12-4-5-13-11(8-12)6-7-16-13/h4-5,8,10,16H,3,6-7,9H2,1-2H3,(H,18,19). The Morgan fingerprint density at radius 3 is 2.85 bits per heavy atom. The molecular formula is C15H20N2O3.